The standard InChI is InChI=1S/C16H22F3NO3/c1-15(2,3)13(9-14(21)22-4)20-10-11-5-7-12(8-6-11)23-16(17,18)19/h5-8,13,20H,9-10H2,1-4H3. The third-order valence-corrected chi connectivity index (χ3v) is 3.35. The Morgan fingerprint density at radius 3 is 2.17 bits per heavy atom. The number of ether oxygens (including phenoxy) is 2. The molecule has 1 N–H and O–H groups in total. The van der Waals surface area contributed by atoms with E-state index in [-0.39, 0.29) is 29.6 Å². The fourth-order valence-corrected chi connectivity index (χ4v) is 1.98. The average Bonchev–Trinajstić information content (AvgIpc) is 2.41. The van der Waals surface area contributed by atoms with Crippen LogP contribution < -0.4 is 10.1 Å². The Bertz CT molecular complexity index is 507. The third kappa shape index (κ3) is 7.36. The molecule has 0 radical (unpaired) electrons. The van der Waals surface area contributed by atoms with E-state index in [4.69, 9.17) is 0 Å². The highest BCUT2D eigenvalue weighted by Gasteiger charge is 2.31. The molecule has 1 atom stereocenters. The highest BCUT2D eigenvalue weighted by atomic mass is 19.4. The lowest BCUT2D eigenvalue weighted by atomic mass is 9.84. The second-order valence-electron chi connectivity index (χ2n) is 6.27. The van der Waals surface area contributed by atoms with E-state index >= 15 is 0 Å². The maximum absolute atomic E-state index is 12.1. The van der Waals surface area contributed by atoms with Crippen LogP contribution in [0.4, 0.5) is 13.2 Å². The monoisotopic (exact) mass is 333 g/mol. The third-order valence-electron chi connectivity index (χ3n) is 3.35. The molecule has 23 heavy (non-hydrogen) atoms. The van der Waals surface area contributed by atoms with Gasteiger partial charge in [0.15, 0.2) is 0 Å². The van der Waals surface area contributed by atoms with E-state index in [0.717, 1.165) is 5.56 Å². The smallest absolute Gasteiger partial charge is 0.469 e. The minimum atomic E-state index is -4.70. The molecule has 0 aliphatic rings. The zero-order chi connectivity index (χ0) is 17.7. The Morgan fingerprint density at radius 1 is 1.17 bits per heavy atom. The van der Waals surface area contributed by atoms with Crippen LogP contribution in [0.25, 0.3) is 0 Å². The summed E-state index contributed by atoms with van der Waals surface area (Å²) in [7, 11) is 1.33. The zero-order valence-electron chi connectivity index (χ0n) is 13.7. The van der Waals surface area contributed by atoms with Crippen LogP contribution in [0, 0.1) is 5.41 Å². The van der Waals surface area contributed by atoms with Gasteiger partial charge in [-0.2, -0.15) is 0 Å². The molecular formula is C16H22F3NO3. The van der Waals surface area contributed by atoms with E-state index in [1.54, 1.807) is 12.1 Å². The van der Waals surface area contributed by atoms with Crippen molar-refractivity contribution in [2.45, 2.75) is 46.1 Å². The minimum Gasteiger partial charge on any atom is -0.469 e. The van der Waals surface area contributed by atoms with Gasteiger partial charge in [0.1, 0.15) is 5.75 Å². The largest absolute Gasteiger partial charge is 0.573 e. The van der Waals surface area contributed by atoms with Crippen LogP contribution in [0.1, 0.15) is 32.8 Å². The number of esters is 1. The molecule has 0 fully saturated rings. The highest BCUT2D eigenvalue weighted by molar-refractivity contribution is 5.70. The van der Waals surface area contributed by atoms with Crippen LogP contribution in [-0.4, -0.2) is 25.5 Å². The van der Waals surface area contributed by atoms with Crippen molar-refractivity contribution in [1.82, 2.24) is 5.32 Å². The van der Waals surface area contributed by atoms with Gasteiger partial charge in [-0.25, -0.2) is 0 Å². The number of halogens is 3. The predicted molar refractivity (Wildman–Crippen MR) is 79.8 cm³/mol. The molecule has 7 heteroatoms. The van der Waals surface area contributed by atoms with Gasteiger partial charge in [0.2, 0.25) is 0 Å². The van der Waals surface area contributed by atoms with Crippen LogP contribution in [0.15, 0.2) is 24.3 Å². The quantitative estimate of drug-likeness (QED) is 0.807. The summed E-state index contributed by atoms with van der Waals surface area (Å²) in [6.07, 6.45) is -4.48. The molecule has 0 amide bonds. The van der Waals surface area contributed by atoms with Crippen molar-refractivity contribution in [2.24, 2.45) is 5.41 Å². The molecule has 1 unspecified atom stereocenters. The van der Waals surface area contributed by atoms with Crippen molar-refractivity contribution >= 4 is 5.97 Å². The number of hydrogen-bond acceptors (Lipinski definition) is 4. The summed E-state index contributed by atoms with van der Waals surface area (Å²) in [4.78, 5) is 11.5. The first kappa shape index (κ1) is 19.3. The van der Waals surface area contributed by atoms with E-state index < -0.39 is 6.36 Å². The summed E-state index contributed by atoms with van der Waals surface area (Å²) in [5.74, 6) is -0.575. The average molecular weight is 333 g/mol. The number of alkyl halides is 3. The van der Waals surface area contributed by atoms with Crippen LogP contribution in [-0.2, 0) is 16.1 Å². The van der Waals surface area contributed by atoms with E-state index in [9.17, 15) is 18.0 Å². The Balaban J connectivity index is 2.65. The molecule has 0 aliphatic heterocycles. The second-order valence-corrected chi connectivity index (χ2v) is 6.27. The van der Waals surface area contributed by atoms with Crippen LogP contribution in [0.2, 0.25) is 0 Å². The molecule has 1 aromatic rings. The molecule has 0 heterocycles. The van der Waals surface area contributed by atoms with Gasteiger partial charge >= 0.3 is 12.3 Å². The number of carbonyl (C=O) groups is 1. The normalized spacial score (nSPS) is 13.5. The SMILES string of the molecule is COC(=O)CC(NCc1ccc(OC(F)(F)F)cc1)C(C)(C)C. The fraction of sp³-hybridized carbons (Fsp3) is 0.562. The van der Waals surface area contributed by atoms with Crippen LogP contribution in [0.3, 0.4) is 0 Å². The lowest BCUT2D eigenvalue weighted by molar-refractivity contribution is -0.274. The molecule has 0 aromatic heterocycles. The summed E-state index contributed by atoms with van der Waals surface area (Å²) >= 11 is 0. The number of hydrogen-bond donors (Lipinski definition) is 1. The molecule has 0 saturated carbocycles. The molecular weight excluding hydrogens is 311 g/mol. The van der Waals surface area contributed by atoms with Crippen molar-refractivity contribution < 1.29 is 27.4 Å². The maximum atomic E-state index is 12.1. The van der Waals surface area contributed by atoms with Gasteiger partial charge in [0, 0.05) is 12.6 Å². The summed E-state index contributed by atoms with van der Waals surface area (Å²) in [6, 6.07) is 5.49. The van der Waals surface area contributed by atoms with Crippen molar-refractivity contribution in [3.63, 3.8) is 0 Å². The van der Waals surface area contributed by atoms with E-state index in [0.29, 0.717) is 6.54 Å². The van der Waals surface area contributed by atoms with Gasteiger partial charge in [-0.1, -0.05) is 32.9 Å². The fourth-order valence-electron chi connectivity index (χ4n) is 1.98. The van der Waals surface area contributed by atoms with Gasteiger partial charge in [0.05, 0.1) is 13.5 Å². The van der Waals surface area contributed by atoms with Gasteiger partial charge in [-0.3, -0.25) is 4.79 Å². The molecule has 0 spiro atoms. The van der Waals surface area contributed by atoms with Crippen molar-refractivity contribution in [3.8, 4) is 5.75 Å². The van der Waals surface area contributed by atoms with Crippen molar-refractivity contribution in [1.29, 1.82) is 0 Å². The number of rotatable bonds is 6. The molecule has 130 valence electrons. The summed E-state index contributed by atoms with van der Waals surface area (Å²) in [6.45, 7) is 6.40. The first-order valence-corrected chi connectivity index (χ1v) is 7.16. The predicted octanol–water partition coefficient (Wildman–Crippen LogP) is 3.65. The summed E-state index contributed by atoms with van der Waals surface area (Å²) < 4.78 is 44.8. The van der Waals surface area contributed by atoms with Gasteiger partial charge in [0.25, 0.3) is 0 Å². The van der Waals surface area contributed by atoms with Gasteiger partial charge in [-0.05, 0) is 23.1 Å². The second kappa shape index (κ2) is 7.68. The number of nitrogens with one attached hydrogen (secondary N) is 1. The molecule has 4 nitrogen and oxygen atoms in total. The molecule has 0 bridgehead atoms. The van der Waals surface area contributed by atoms with Crippen molar-refractivity contribution in [2.75, 3.05) is 7.11 Å². The lowest BCUT2D eigenvalue weighted by Crippen LogP contribution is -2.41. The van der Waals surface area contributed by atoms with Crippen LogP contribution in [0.5, 0.6) is 5.75 Å². The van der Waals surface area contributed by atoms with Gasteiger partial charge < -0.3 is 14.8 Å². The van der Waals surface area contributed by atoms with E-state index in [2.05, 4.69) is 14.8 Å². The minimum absolute atomic E-state index is 0.124. The lowest BCUT2D eigenvalue weighted by Gasteiger charge is -2.31. The molecule has 1 rings (SSSR count). The first-order valence-electron chi connectivity index (χ1n) is 7.16. The van der Waals surface area contributed by atoms with Crippen molar-refractivity contribution in [3.05, 3.63) is 29.8 Å². The van der Waals surface area contributed by atoms with Crippen LogP contribution >= 0.6 is 0 Å². The Hall–Kier alpha value is -1.76. The topological polar surface area (TPSA) is 47.6 Å². The summed E-state index contributed by atoms with van der Waals surface area (Å²) in [5.41, 5.74) is 0.617. The molecule has 0 saturated heterocycles. The Kier molecular flexibility index (Phi) is 6.44. The summed E-state index contributed by atoms with van der Waals surface area (Å²) in [5, 5.41) is 3.25. The van der Waals surface area contributed by atoms with E-state index in [1.165, 1.54) is 19.2 Å². The van der Waals surface area contributed by atoms with Gasteiger partial charge in [-0.15, -0.1) is 13.2 Å². The number of methoxy groups -OCH3 is 1. The zero-order valence-corrected chi connectivity index (χ0v) is 13.7. The first-order chi connectivity index (χ1) is 10.5. The number of benzene rings is 1. The van der Waals surface area contributed by atoms with E-state index in [1.807, 2.05) is 20.8 Å². The molecule has 1 aromatic carbocycles. The number of carbonyl (C=O) groups excluding carboxylic acids is 1. The Labute approximate surface area is 134 Å². The highest BCUT2D eigenvalue weighted by Crippen LogP contribution is 2.24. The maximum Gasteiger partial charge on any atom is 0.573 e. The Morgan fingerprint density at radius 2 is 1.74 bits per heavy atom. The molecule has 0 aliphatic carbocycles.